The van der Waals surface area contributed by atoms with E-state index in [4.69, 9.17) is 31.9 Å². The summed E-state index contributed by atoms with van der Waals surface area (Å²) in [6.45, 7) is 0. The van der Waals surface area contributed by atoms with Gasteiger partial charge in [-0.25, -0.2) is 19.2 Å². The Morgan fingerprint density at radius 3 is 0.846 bits per heavy atom. The molecule has 0 bridgehead atoms. The first kappa shape index (κ1) is 20.0. The van der Waals surface area contributed by atoms with E-state index in [2.05, 4.69) is 0 Å². The van der Waals surface area contributed by atoms with Crippen LogP contribution in [0.3, 0.4) is 0 Å². The van der Waals surface area contributed by atoms with E-state index in [0.717, 1.165) is 12.1 Å². The number of anilines is 2. The molecule has 0 saturated carbocycles. The Labute approximate surface area is 145 Å². The molecule has 0 radical (unpaired) electrons. The van der Waals surface area contributed by atoms with Crippen molar-refractivity contribution in [2.45, 2.75) is 0 Å². The van der Waals surface area contributed by atoms with Gasteiger partial charge in [-0.05, 0) is 36.4 Å². The second-order valence-electron chi connectivity index (χ2n) is 4.91. The zero-order valence-corrected chi connectivity index (χ0v) is 13.0. The number of hydrogen-bond acceptors (Lipinski definition) is 6. The molecular formula is C16H14N2O8. The van der Waals surface area contributed by atoms with Crippen LogP contribution in [0.1, 0.15) is 41.4 Å². The number of rotatable bonds is 4. The minimum Gasteiger partial charge on any atom is -0.478 e. The van der Waals surface area contributed by atoms with Crippen LogP contribution in [-0.4, -0.2) is 44.3 Å². The number of nitrogens with two attached hydrogens (primary N) is 2. The van der Waals surface area contributed by atoms with Crippen molar-refractivity contribution in [3.05, 3.63) is 58.7 Å². The van der Waals surface area contributed by atoms with Gasteiger partial charge in [0, 0.05) is 11.4 Å². The minimum absolute atomic E-state index is 0.123. The summed E-state index contributed by atoms with van der Waals surface area (Å²) < 4.78 is 0. The van der Waals surface area contributed by atoms with E-state index in [-0.39, 0.29) is 33.6 Å². The Morgan fingerprint density at radius 2 is 0.692 bits per heavy atom. The monoisotopic (exact) mass is 362 g/mol. The summed E-state index contributed by atoms with van der Waals surface area (Å²) in [5.74, 6) is -4.80. The highest BCUT2D eigenvalue weighted by molar-refractivity contribution is 5.96. The molecule has 0 amide bonds. The highest BCUT2D eigenvalue weighted by Crippen LogP contribution is 2.12. The number of benzene rings is 2. The van der Waals surface area contributed by atoms with E-state index in [1.165, 1.54) is 24.3 Å². The third-order valence-corrected chi connectivity index (χ3v) is 2.90. The third-order valence-electron chi connectivity index (χ3n) is 2.90. The number of aromatic carboxylic acids is 4. The predicted molar refractivity (Wildman–Crippen MR) is 89.5 cm³/mol. The lowest BCUT2D eigenvalue weighted by molar-refractivity contribution is 0.0676. The molecule has 8 N–H and O–H groups in total. The fraction of sp³-hybridized carbons (Fsp3) is 0. The fourth-order valence-corrected chi connectivity index (χ4v) is 1.80. The number of carbonyl (C=O) groups is 4. The zero-order valence-electron chi connectivity index (χ0n) is 13.0. The van der Waals surface area contributed by atoms with Gasteiger partial charge in [0.2, 0.25) is 0 Å². The summed E-state index contributed by atoms with van der Waals surface area (Å²) in [7, 11) is 0. The van der Waals surface area contributed by atoms with E-state index < -0.39 is 23.9 Å². The number of nitrogen functional groups attached to an aromatic ring is 2. The maximum absolute atomic E-state index is 10.5. The normalized spacial score (nSPS) is 9.54. The molecule has 0 unspecified atom stereocenters. The highest BCUT2D eigenvalue weighted by Gasteiger charge is 2.10. The molecule has 136 valence electrons. The smallest absolute Gasteiger partial charge is 0.335 e. The van der Waals surface area contributed by atoms with Crippen molar-refractivity contribution in [1.82, 2.24) is 0 Å². The van der Waals surface area contributed by atoms with Crippen LogP contribution in [0.2, 0.25) is 0 Å². The van der Waals surface area contributed by atoms with Gasteiger partial charge in [-0.15, -0.1) is 0 Å². The van der Waals surface area contributed by atoms with Gasteiger partial charge in [-0.2, -0.15) is 0 Å². The quantitative estimate of drug-likeness (QED) is 0.431. The van der Waals surface area contributed by atoms with Gasteiger partial charge in [0.25, 0.3) is 0 Å². The van der Waals surface area contributed by atoms with Gasteiger partial charge in [-0.1, -0.05) is 0 Å². The summed E-state index contributed by atoms with van der Waals surface area (Å²) in [5.41, 5.74) is 10.4. The summed E-state index contributed by atoms with van der Waals surface area (Å²) in [4.78, 5) is 41.9. The van der Waals surface area contributed by atoms with Crippen molar-refractivity contribution in [3.8, 4) is 0 Å². The first-order valence-corrected chi connectivity index (χ1v) is 6.75. The summed E-state index contributed by atoms with van der Waals surface area (Å²) in [6.07, 6.45) is 0. The SMILES string of the molecule is Nc1cc(C(=O)O)cc(C(=O)O)c1.Nc1cc(C(=O)O)cc(C(=O)O)c1. The number of carboxylic acid groups (broad SMARTS) is 4. The lowest BCUT2D eigenvalue weighted by Gasteiger charge is -1.99. The van der Waals surface area contributed by atoms with Crippen molar-refractivity contribution in [3.63, 3.8) is 0 Å². The molecule has 2 aromatic carbocycles. The molecule has 26 heavy (non-hydrogen) atoms. The third kappa shape index (κ3) is 5.53. The van der Waals surface area contributed by atoms with Crippen LogP contribution < -0.4 is 11.5 Å². The number of carboxylic acids is 4. The van der Waals surface area contributed by atoms with E-state index >= 15 is 0 Å². The first-order chi connectivity index (χ1) is 12.0. The largest absolute Gasteiger partial charge is 0.478 e. The molecule has 0 atom stereocenters. The molecule has 0 aliphatic rings. The summed E-state index contributed by atoms with van der Waals surface area (Å²) in [6, 6.07) is 6.93. The minimum atomic E-state index is -1.20. The highest BCUT2D eigenvalue weighted by atomic mass is 16.4. The lowest BCUT2D eigenvalue weighted by Crippen LogP contribution is -2.03. The molecular weight excluding hydrogens is 348 g/mol. The van der Waals surface area contributed by atoms with Crippen LogP contribution in [0.25, 0.3) is 0 Å². The Kier molecular flexibility index (Phi) is 6.26. The van der Waals surface area contributed by atoms with Crippen LogP contribution in [0.5, 0.6) is 0 Å². The molecule has 0 aliphatic heterocycles. The van der Waals surface area contributed by atoms with Crippen LogP contribution in [0, 0.1) is 0 Å². The molecule has 0 heterocycles. The average molecular weight is 362 g/mol. The first-order valence-electron chi connectivity index (χ1n) is 6.75. The molecule has 2 rings (SSSR count). The van der Waals surface area contributed by atoms with Crippen LogP contribution in [0.15, 0.2) is 36.4 Å². The van der Waals surface area contributed by atoms with E-state index in [1.807, 2.05) is 0 Å². The van der Waals surface area contributed by atoms with Gasteiger partial charge < -0.3 is 31.9 Å². The Hall–Kier alpha value is -4.08. The second kappa shape index (κ2) is 8.15. The van der Waals surface area contributed by atoms with Gasteiger partial charge in [0.05, 0.1) is 22.3 Å². The van der Waals surface area contributed by atoms with Crippen molar-refractivity contribution < 1.29 is 39.6 Å². The van der Waals surface area contributed by atoms with Crippen molar-refractivity contribution in [1.29, 1.82) is 0 Å². The molecule has 0 fully saturated rings. The Bertz CT molecular complexity index is 754. The molecule has 10 nitrogen and oxygen atoms in total. The molecule has 0 aromatic heterocycles. The molecule has 0 spiro atoms. The van der Waals surface area contributed by atoms with Crippen molar-refractivity contribution >= 4 is 35.3 Å². The second-order valence-corrected chi connectivity index (χ2v) is 4.91. The predicted octanol–water partition coefficient (Wildman–Crippen LogP) is 1.33. The standard InChI is InChI=1S/2C8H7NO4/c2*9-6-2-4(7(10)11)1-5(3-6)8(12)13/h2*1-3H,9H2,(H,10,11)(H,12,13). The topological polar surface area (TPSA) is 201 Å². The fourth-order valence-electron chi connectivity index (χ4n) is 1.80. The summed E-state index contributed by atoms with van der Waals surface area (Å²) >= 11 is 0. The van der Waals surface area contributed by atoms with Crippen LogP contribution >= 0.6 is 0 Å². The maximum atomic E-state index is 10.5. The Morgan fingerprint density at radius 1 is 0.500 bits per heavy atom. The number of hydrogen-bond donors (Lipinski definition) is 6. The maximum Gasteiger partial charge on any atom is 0.335 e. The van der Waals surface area contributed by atoms with Crippen molar-refractivity contribution in [2.75, 3.05) is 11.5 Å². The van der Waals surface area contributed by atoms with Crippen LogP contribution in [0.4, 0.5) is 11.4 Å². The van der Waals surface area contributed by atoms with E-state index in [0.29, 0.717) is 0 Å². The zero-order chi connectivity index (χ0) is 20.0. The van der Waals surface area contributed by atoms with Crippen LogP contribution in [-0.2, 0) is 0 Å². The van der Waals surface area contributed by atoms with Gasteiger partial charge in [-0.3, -0.25) is 0 Å². The van der Waals surface area contributed by atoms with Gasteiger partial charge >= 0.3 is 23.9 Å². The molecule has 2 aromatic rings. The molecule has 10 heteroatoms. The lowest BCUT2D eigenvalue weighted by atomic mass is 10.1. The molecule has 0 saturated heterocycles. The Balaban J connectivity index is 0.000000260. The van der Waals surface area contributed by atoms with E-state index in [9.17, 15) is 19.2 Å². The average Bonchev–Trinajstić information content (AvgIpc) is 2.54. The summed E-state index contributed by atoms with van der Waals surface area (Å²) in [5, 5.41) is 34.3. The van der Waals surface area contributed by atoms with Gasteiger partial charge in [0.1, 0.15) is 0 Å². The molecule has 0 aliphatic carbocycles. The van der Waals surface area contributed by atoms with E-state index in [1.54, 1.807) is 0 Å². The van der Waals surface area contributed by atoms with Crippen molar-refractivity contribution in [2.24, 2.45) is 0 Å². The van der Waals surface area contributed by atoms with Gasteiger partial charge in [0.15, 0.2) is 0 Å².